The molecule has 0 bridgehead atoms. The van der Waals surface area contributed by atoms with Crippen molar-refractivity contribution in [3.63, 3.8) is 0 Å². The van der Waals surface area contributed by atoms with E-state index in [1.165, 1.54) is 0 Å². The molecule has 0 fully saturated rings. The molecule has 6 heteroatoms. The van der Waals surface area contributed by atoms with Crippen LogP contribution in [-0.2, 0) is 13.5 Å². The number of aromatic nitrogens is 3. The number of thiazole rings is 1. The quantitative estimate of drug-likeness (QED) is 0.671. The largest absolute Gasteiger partial charge is 0.351 e. The van der Waals surface area contributed by atoms with Crippen LogP contribution in [0.2, 0.25) is 0 Å². The second-order valence-electron chi connectivity index (χ2n) is 5.56. The van der Waals surface area contributed by atoms with Crippen LogP contribution < -0.4 is 5.32 Å². The molecule has 3 aromatic rings. The summed E-state index contributed by atoms with van der Waals surface area (Å²) >= 11 is 1.67. The molecule has 3 rings (SSSR count). The predicted molar refractivity (Wildman–Crippen MR) is 96.0 cm³/mol. The zero-order chi connectivity index (χ0) is 16.8. The number of nitrogens with one attached hydrogen (secondary N) is 1. The van der Waals surface area contributed by atoms with Gasteiger partial charge in [-0.1, -0.05) is 6.07 Å². The van der Waals surface area contributed by atoms with E-state index in [2.05, 4.69) is 20.7 Å². The van der Waals surface area contributed by atoms with Crippen molar-refractivity contribution in [1.29, 1.82) is 0 Å². The normalized spacial score (nSPS) is 10.7. The Labute approximate surface area is 145 Å². The van der Waals surface area contributed by atoms with Crippen LogP contribution in [0, 0.1) is 0 Å². The van der Waals surface area contributed by atoms with E-state index in [9.17, 15) is 4.79 Å². The Morgan fingerprint density at radius 3 is 2.88 bits per heavy atom. The first-order chi connectivity index (χ1) is 11.7. The van der Waals surface area contributed by atoms with E-state index >= 15 is 0 Å². The number of pyridine rings is 1. The zero-order valence-electron chi connectivity index (χ0n) is 13.6. The maximum Gasteiger partial charge on any atom is 0.267 e. The SMILES string of the molecule is Cn1cccc1C(=O)NCCCCc1nc(-c2ccccn2)cs1. The minimum atomic E-state index is -0.0193. The highest BCUT2D eigenvalue weighted by molar-refractivity contribution is 7.09. The number of nitrogens with zero attached hydrogens (tertiary/aromatic N) is 3. The van der Waals surface area contributed by atoms with E-state index in [-0.39, 0.29) is 5.91 Å². The van der Waals surface area contributed by atoms with Crippen LogP contribution >= 0.6 is 11.3 Å². The summed E-state index contributed by atoms with van der Waals surface area (Å²) in [4.78, 5) is 20.9. The molecular formula is C18H20N4OS. The lowest BCUT2D eigenvalue weighted by atomic mass is 10.2. The standard InChI is InChI=1S/C18H20N4OS/c1-22-12-6-8-16(22)18(23)20-11-5-3-9-17-21-15(13-24-17)14-7-2-4-10-19-14/h2,4,6-8,10,12-13H,3,5,9,11H2,1H3,(H,20,23). The molecule has 0 spiro atoms. The highest BCUT2D eigenvalue weighted by atomic mass is 32.1. The lowest BCUT2D eigenvalue weighted by Gasteiger charge is -2.05. The average molecular weight is 340 g/mol. The van der Waals surface area contributed by atoms with Crippen LogP contribution in [0.5, 0.6) is 0 Å². The molecule has 0 aliphatic rings. The fourth-order valence-electron chi connectivity index (χ4n) is 2.45. The van der Waals surface area contributed by atoms with Crippen LogP contribution in [0.25, 0.3) is 11.4 Å². The summed E-state index contributed by atoms with van der Waals surface area (Å²) in [7, 11) is 1.87. The summed E-state index contributed by atoms with van der Waals surface area (Å²) in [6, 6.07) is 9.54. The lowest BCUT2D eigenvalue weighted by molar-refractivity contribution is 0.0945. The summed E-state index contributed by atoms with van der Waals surface area (Å²) in [5.41, 5.74) is 2.54. The Kier molecular flexibility index (Phi) is 5.38. The van der Waals surface area contributed by atoms with Crippen LogP contribution in [0.4, 0.5) is 0 Å². The van der Waals surface area contributed by atoms with Gasteiger partial charge in [0.25, 0.3) is 5.91 Å². The molecule has 0 aliphatic carbocycles. The number of aryl methyl sites for hydroxylation is 2. The van der Waals surface area contributed by atoms with Gasteiger partial charge in [0.15, 0.2) is 0 Å². The van der Waals surface area contributed by atoms with Crippen molar-refractivity contribution >= 4 is 17.2 Å². The van der Waals surface area contributed by atoms with Gasteiger partial charge in [0.1, 0.15) is 5.69 Å². The van der Waals surface area contributed by atoms with Crippen molar-refractivity contribution in [1.82, 2.24) is 19.9 Å². The Balaban J connectivity index is 1.40. The molecule has 0 atom stereocenters. The fourth-order valence-corrected chi connectivity index (χ4v) is 3.28. The molecule has 0 aromatic carbocycles. The van der Waals surface area contributed by atoms with Gasteiger partial charge in [0.2, 0.25) is 0 Å². The van der Waals surface area contributed by atoms with E-state index in [4.69, 9.17) is 0 Å². The highest BCUT2D eigenvalue weighted by Gasteiger charge is 2.08. The van der Waals surface area contributed by atoms with Gasteiger partial charge in [-0.3, -0.25) is 9.78 Å². The van der Waals surface area contributed by atoms with Crippen molar-refractivity contribution in [2.24, 2.45) is 7.05 Å². The number of carbonyl (C=O) groups excluding carboxylic acids is 1. The fraction of sp³-hybridized carbons (Fsp3) is 0.278. The first-order valence-electron chi connectivity index (χ1n) is 7.99. The topological polar surface area (TPSA) is 59.8 Å². The van der Waals surface area contributed by atoms with Crippen molar-refractivity contribution in [2.45, 2.75) is 19.3 Å². The molecular weight excluding hydrogens is 320 g/mol. The lowest BCUT2D eigenvalue weighted by Crippen LogP contribution is -2.26. The molecule has 1 N–H and O–H groups in total. The maximum atomic E-state index is 12.0. The molecule has 3 aromatic heterocycles. The van der Waals surface area contributed by atoms with Gasteiger partial charge in [-0.15, -0.1) is 11.3 Å². The molecule has 0 radical (unpaired) electrons. The van der Waals surface area contributed by atoms with Gasteiger partial charge < -0.3 is 9.88 Å². The van der Waals surface area contributed by atoms with Gasteiger partial charge in [-0.25, -0.2) is 4.98 Å². The third-order valence-corrected chi connectivity index (χ3v) is 4.67. The van der Waals surface area contributed by atoms with Gasteiger partial charge in [-0.2, -0.15) is 0 Å². The minimum absolute atomic E-state index is 0.0193. The summed E-state index contributed by atoms with van der Waals surface area (Å²) in [5, 5.41) is 6.12. The minimum Gasteiger partial charge on any atom is -0.351 e. The molecule has 1 amide bonds. The Morgan fingerprint density at radius 1 is 1.21 bits per heavy atom. The number of unbranched alkanes of at least 4 members (excludes halogenated alkanes) is 1. The van der Waals surface area contributed by atoms with Crippen molar-refractivity contribution in [3.8, 4) is 11.4 Å². The molecule has 0 unspecified atom stereocenters. The van der Waals surface area contributed by atoms with Gasteiger partial charge in [-0.05, 0) is 43.5 Å². The third-order valence-electron chi connectivity index (χ3n) is 3.76. The van der Waals surface area contributed by atoms with Crippen molar-refractivity contribution in [3.05, 3.63) is 58.8 Å². The van der Waals surface area contributed by atoms with E-state index in [1.54, 1.807) is 17.5 Å². The smallest absolute Gasteiger partial charge is 0.267 e. The Hall–Kier alpha value is -2.47. The van der Waals surface area contributed by atoms with Crippen LogP contribution in [-0.4, -0.2) is 27.0 Å². The summed E-state index contributed by atoms with van der Waals surface area (Å²) in [6.45, 7) is 0.683. The monoisotopic (exact) mass is 340 g/mol. The first-order valence-corrected chi connectivity index (χ1v) is 8.87. The van der Waals surface area contributed by atoms with Gasteiger partial charge >= 0.3 is 0 Å². The van der Waals surface area contributed by atoms with E-state index in [0.717, 1.165) is 35.7 Å². The maximum absolute atomic E-state index is 12.0. The summed E-state index contributed by atoms with van der Waals surface area (Å²) < 4.78 is 1.82. The number of hydrogen-bond acceptors (Lipinski definition) is 4. The Bertz CT molecular complexity index is 794. The van der Waals surface area contributed by atoms with Crippen LogP contribution in [0.3, 0.4) is 0 Å². The predicted octanol–water partition coefficient (Wildman–Crippen LogP) is 3.30. The zero-order valence-corrected chi connectivity index (χ0v) is 14.4. The molecule has 5 nitrogen and oxygen atoms in total. The molecule has 24 heavy (non-hydrogen) atoms. The first kappa shape index (κ1) is 16.4. The summed E-state index contributed by atoms with van der Waals surface area (Å²) in [5.74, 6) is -0.0193. The second-order valence-corrected chi connectivity index (χ2v) is 6.50. The molecule has 0 aliphatic heterocycles. The highest BCUT2D eigenvalue weighted by Crippen LogP contribution is 2.20. The van der Waals surface area contributed by atoms with Gasteiger partial charge in [0, 0.05) is 31.4 Å². The Morgan fingerprint density at radius 2 is 2.12 bits per heavy atom. The van der Waals surface area contributed by atoms with Gasteiger partial charge in [0.05, 0.1) is 16.4 Å². The molecule has 3 heterocycles. The van der Waals surface area contributed by atoms with Crippen molar-refractivity contribution < 1.29 is 4.79 Å². The van der Waals surface area contributed by atoms with Crippen LogP contribution in [0.15, 0.2) is 48.1 Å². The molecule has 124 valence electrons. The average Bonchev–Trinajstić information content (AvgIpc) is 3.24. The van der Waals surface area contributed by atoms with Crippen molar-refractivity contribution in [2.75, 3.05) is 6.54 Å². The third kappa shape index (κ3) is 4.08. The van der Waals surface area contributed by atoms with E-state index in [0.29, 0.717) is 12.2 Å². The molecule has 0 saturated heterocycles. The van der Waals surface area contributed by atoms with Crippen LogP contribution in [0.1, 0.15) is 28.3 Å². The van der Waals surface area contributed by atoms with E-state index in [1.807, 2.05) is 48.1 Å². The molecule has 0 saturated carbocycles. The number of carbonyl (C=O) groups is 1. The second kappa shape index (κ2) is 7.88. The summed E-state index contributed by atoms with van der Waals surface area (Å²) in [6.07, 6.45) is 6.52. The number of amides is 1. The van der Waals surface area contributed by atoms with E-state index < -0.39 is 0 Å². The number of rotatable bonds is 7. The number of hydrogen-bond donors (Lipinski definition) is 1.